The predicted octanol–water partition coefficient (Wildman–Crippen LogP) is 4.16. The van der Waals surface area contributed by atoms with Crippen molar-refractivity contribution in [3.8, 4) is 11.5 Å². The normalized spacial score (nSPS) is 11.5. The van der Waals surface area contributed by atoms with Crippen molar-refractivity contribution in [3.63, 3.8) is 0 Å². The summed E-state index contributed by atoms with van der Waals surface area (Å²) < 4.78 is 40.6. The van der Waals surface area contributed by atoms with E-state index < -0.39 is 12.6 Å². The van der Waals surface area contributed by atoms with Gasteiger partial charge >= 0.3 is 6.18 Å². The highest BCUT2D eigenvalue weighted by Gasteiger charge is 2.25. The van der Waals surface area contributed by atoms with Gasteiger partial charge in [-0.1, -0.05) is 11.6 Å². The lowest BCUT2D eigenvalue weighted by atomic mass is 10.2. The van der Waals surface area contributed by atoms with Crippen LogP contribution in [0.25, 0.3) is 0 Å². The number of ether oxygens (including phenoxy) is 1. The summed E-state index contributed by atoms with van der Waals surface area (Å²) >= 11 is 5.63. The van der Waals surface area contributed by atoms with Gasteiger partial charge in [-0.3, -0.25) is 0 Å². The molecule has 0 unspecified atom stereocenters. The molecule has 0 aliphatic carbocycles. The molecule has 0 aromatic heterocycles. The van der Waals surface area contributed by atoms with Gasteiger partial charge in [0.05, 0.1) is 11.6 Å². The van der Waals surface area contributed by atoms with Crippen molar-refractivity contribution in [2.24, 2.45) is 0 Å². The van der Waals surface area contributed by atoms with Crippen LogP contribution in [0.2, 0.25) is 5.02 Å². The first-order valence-corrected chi connectivity index (χ1v) is 5.44. The fourth-order valence-corrected chi connectivity index (χ4v) is 1.37. The van der Waals surface area contributed by atoms with Crippen LogP contribution in [0.3, 0.4) is 0 Å². The summed E-state index contributed by atoms with van der Waals surface area (Å²) in [5.41, 5.74) is 0. The molecule has 0 spiro atoms. The molecule has 0 atom stereocenters. The Hall–Kier alpha value is -1.10. The van der Waals surface area contributed by atoms with Gasteiger partial charge in [-0.05, 0) is 25.0 Å². The molecule has 0 saturated carbocycles. The lowest BCUT2D eigenvalue weighted by molar-refractivity contribution is -0.135. The van der Waals surface area contributed by atoms with Crippen LogP contribution in [0.4, 0.5) is 13.2 Å². The molecule has 1 N–H and O–H groups in total. The number of unbranched alkanes of at least 4 members (excludes halogenated alkanes) is 1. The van der Waals surface area contributed by atoms with Crippen molar-refractivity contribution >= 4 is 11.6 Å². The summed E-state index contributed by atoms with van der Waals surface area (Å²) in [7, 11) is 0. The van der Waals surface area contributed by atoms with Gasteiger partial charge in [0.2, 0.25) is 0 Å². The fraction of sp³-hybridized carbons (Fsp3) is 0.455. The molecule has 96 valence electrons. The van der Waals surface area contributed by atoms with E-state index in [2.05, 4.69) is 0 Å². The molecule has 1 aromatic rings. The maximum atomic E-state index is 11.8. The van der Waals surface area contributed by atoms with Gasteiger partial charge in [0.25, 0.3) is 0 Å². The largest absolute Gasteiger partial charge is 0.506 e. The molecule has 0 heterocycles. The van der Waals surface area contributed by atoms with Crippen LogP contribution < -0.4 is 4.74 Å². The van der Waals surface area contributed by atoms with Crippen molar-refractivity contribution in [1.29, 1.82) is 0 Å². The van der Waals surface area contributed by atoms with Crippen molar-refractivity contribution in [2.45, 2.75) is 25.4 Å². The molecule has 0 amide bonds. The zero-order valence-electron chi connectivity index (χ0n) is 8.93. The molecule has 2 nitrogen and oxygen atoms in total. The molecular formula is C11H12ClF3O2. The number of benzene rings is 1. The Balaban J connectivity index is 2.25. The van der Waals surface area contributed by atoms with Crippen LogP contribution in [-0.2, 0) is 0 Å². The van der Waals surface area contributed by atoms with Crippen LogP contribution in [0.5, 0.6) is 11.5 Å². The van der Waals surface area contributed by atoms with Gasteiger partial charge in [0.1, 0.15) is 11.5 Å². The van der Waals surface area contributed by atoms with Crippen molar-refractivity contribution < 1.29 is 23.0 Å². The Morgan fingerprint density at radius 2 is 1.94 bits per heavy atom. The van der Waals surface area contributed by atoms with Crippen LogP contribution in [0.1, 0.15) is 19.3 Å². The second-order valence-electron chi connectivity index (χ2n) is 3.53. The third kappa shape index (κ3) is 5.68. The number of phenolic OH excluding ortho intramolecular Hbond substituents is 1. The highest BCUT2D eigenvalue weighted by atomic mass is 35.5. The van der Waals surface area contributed by atoms with E-state index in [1.807, 2.05) is 0 Å². The minimum Gasteiger partial charge on any atom is -0.506 e. The van der Waals surface area contributed by atoms with E-state index in [1.54, 1.807) is 0 Å². The van der Waals surface area contributed by atoms with Crippen molar-refractivity contribution in [1.82, 2.24) is 0 Å². The van der Waals surface area contributed by atoms with Gasteiger partial charge < -0.3 is 9.84 Å². The summed E-state index contributed by atoms with van der Waals surface area (Å²) in [4.78, 5) is 0. The second kappa shape index (κ2) is 6.00. The number of alkyl halides is 3. The van der Waals surface area contributed by atoms with E-state index in [9.17, 15) is 13.2 Å². The Morgan fingerprint density at radius 3 is 2.53 bits per heavy atom. The summed E-state index contributed by atoms with van der Waals surface area (Å²) in [6.07, 6.45) is -4.55. The summed E-state index contributed by atoms with van der Waals surface area (Å²) in [5.74, 6) is 0.371. The molecule has 1 aromatic carbocycles. The first-order chi connectivity index (χ1) is 7.88. The number of aromatic hydroxyl groups is 1. The Bertz CT molecular complexity index is 366. The number of hydrogen-bond donors (Lipinski definition) is 1. The molecule has 0 bridgehead atoms. The number of halogens is 4. The highest BCUT2D eigenvalue weighted by Crippen LogP contribution is 2.27. The smallest absolute Gasteiger partial charge is 0.389 e. The number of hydrogen-bond acceptors (Lipinski definition) is 2. The van der Waals surface area contributed by atoms with Crippen molar-refractivity contribution in [3.05, 3.63) is 23.2 Å². The average molecular weight is 269 g/mol. The molecule has 0 fully saturated rings. The third-order valence-electron chi connectivity index (χ3n) is 2.04. The Morgan fingerprint density at radius 1 is 1.24 bits per heavy atom. The lowest BCUT2D eigenvalue weighted by Crippen LogP contribution is -2.07. The third-order valence-corrected chi connectivity index (χ3v) is 2.35. The standard InChI is InChI=1S/C11H12ClF3O2/c12-9-7-8(3-4-10(9)16)17-6-2-1-5-11(13,14)15/h3-4,7,16H,1-2,5-6H2. The first kappa shape index (κ1) is 14.0. The minimum atomic E-state index is -4.11. The van der Waals surface area contributed by atoms with Gasteiger partial charge in [-0.15, -0.1) is 0 Å². The van der Waals surface area contributed by atoms with E-state index in [-0.39, 0.29) is 23.8 Å². The summed E-state index contributed by atoms with van der Waals surface area (Å²) in [6, 6.07) is 4.29. The molecule has 17 heavy (non-hydrogen) atoms. The lowest BCUT2D eigenvalue weighted by Gasteiger charge is -2.08. The summed E-state index contributed by atoms with van der Waals surface area (Å²) in [5, 5.41) is 9.28. The van der Waals surface area contributed by atoms with E-state index in [0.29, 0.717) is 12.2 Å². The van der Waals surface area contributed by atoms with Crippen molar-refractivity contribution in [2.75, 3.05) is 6.61 Å². The quantitative estimate of drug-likeness (QED) is 0.813. The van der Waals surface area contributed by atoms with E-state index >= 15 is 0 Å². The molecule has 6 heteroatoms. The molecule has 1 rings (SSSR count). The predicted molar refractivity (Wildman–Crippen MR) is 58.5 cm³/mol. The molecule has 0 aliphatic heterocycles. The Kier molecular flexibility index (Phi) is 4.93. The first-order valence-electron chi connectivity index (χ1n) is 5.06. The van der Waals surface area contributed by atoms with E-state index in [1.165, 1.54) is 18.2 Å². The number of phenols is 1. The van der Waals surface area contributed by atoms with Gasteiger partial charge in [0.15, 0.2) is 0 Å². The minimum absolute atomic E-state index is 0.0370. The molecule has 0 aliphatic rings. The molecule has 0 radical (unpaired) electrons. The second-order valence-corrected chi connectivity index (χ2v) is 3.94. The Labute approximate surface area is 102 Å². The van der Waals surface area contributed by atoms with Gasteiger partial charge in [-0.2, -0.15) is 13.2 Å². The van der Waals surface area contributed by atoms with Crippen LogP contribution in [0, 0.1) is 0 Å². The highest BCUT2D eigenvalue weighted by molar-refractivity contribution is 6.32. The van der Waals surface area contributed by atoms with E-state index in [4.69, 9.17) is 21.4 Å². The van der Waals surface area contributed by atoms with Gasteiger partial charge in [0, 0.05) is 12.5 Å². The maximum Gasteiger partial charge on any atom is 0.389 e. The zero-order chi connectivity index (χ0) is 12.9. The molecule has 0 saturated heterocycles. The molecular weight excluding hydrogens is 257 g/mol. The number of rotatable bonds is 5. The van der Waals surface area contributed by atoms with Crippen LogP contribution in [0.15, 0.2) is 18.2 Å². The monoisotopic (exact) mass is 268 g/mol. The van der Waals surface area contributed by atoms with Crippen LogP contribution >= 0.6 is 11.6 Å². The van der Waals surface area contributed by atoms with Gasteiger partial charge in [-0.25, -0.2) is 0 Å². The SMILES string of the molecule is Oc1ccc(OCCCCC(F)(F)F)cc1Cl. The van der Waals surface area contributed by atoms with Crippen LogP contribution in [-0.4, -0.2) is 17.9 Å². The maximum absolute atomic E-state index is 11.8. The fourth-order valence-electron chi connectivity index (χ4n) is 1.19. The zero-order valence-corrected chi connectivity index (χ0v) is 9.68. The topological polar surface area (TPSA) is 29.5 Å². The average Bonchev–Trinajstić information content (AvgIpc) is 2.21. The summed E-state index contributed by atoms with van der Waals surface area (Å²) in [6.45, 7) is 0.192. The van der Waals surface area contributed by atoms with E-state index in [0.717, 1.165) is 0 Å².